The Bertz CT molecular complexity index is 452. The Kier molecular flexibility index (Phi) is 2.63. The number of benzene rings is 1. The molecule has 0 N–H and O–H groups in total. The van der Waals surface area contributed by atoms with Gasteiger partial charge in [-0.1, -0.05) is 37.6 Å². The molecule has 0 aliphatic carbocycles. The first kappa shape index (κ1) is 10.0. The zero-order valence-corrected chi connectivity index (χ0v) is 9.45. The van der Waals surface area contributed by atoms with Crippen LogP contribution in [0.4, 0.5) is 0 Å². The van der Waals surface area contributed by atoms with Gasteiger partial charge in [0.2, 0.25) is 0 Å². The van der Waals surface area contributed by atoms with Gasteiger partial charge in [-0.25, -0.2) is 0 Å². The SMILES string of the molecule is Cc1cccc(-c2ccc(C(C)C)o2)c1. The molecule has 1 aromatic carbocycles. The minimum atomic E-state index is 0.448. The van der Waals surface area contributed by atoms with Crippen LogP contribution in [0.5, 0.6) is 0 Å². The highest BCUT2D eigenvalue weighted by atomic mass is 16.3. The summed E-state index contributed by atoms with van der Waals surface area (Å²) >= 11 is 0. The predicted octanol–water partition coefficient (Wildman–Crippen LogP) is 4.38. The molecule has 2 rings (SSSR count). The summed E-state index contributed by atoms with van der Waals surface area (Å²) in [5.74, 6) is 2.46. The Hall–Kier alpha value is -1.50. The number of hydrogen-bond donors (Lipinski definition) is 0. The van der Waals surface area contributed by atoms with E-state index in [0.717, 1.165) is 17.1 Å². The fraction of sp³-hybridized carbons (Fsp3) is 0.286. The van der Waals surface area contributed by atoms with Gasteiger partial charge in [-0.2, -0.15) is 0 Å². The minimum absolute atomic E-state index is 0.448. The second-order valence-electron chi connectivity index (χ2n) is 4.23. The normalized spacial score (nSPS) is 10.9. The molecule has 15 heavy (non-hydrogen) atoms. The summed E-state index contributed by atoms with van der Waals surface area (Å²) in [6.45, 7) is 6.37. The van der Waals surface area contributed by atoms with Crippen LogP contribution in [0.1, 0.15) is 31.1 Å². The molecule has 0 radical (unpaired) electrons. The molecule has 0 aliphatic rings. The molecular weight excluding hydrogens is 184 g/mol. The highest BCUT2D eigenvalue weighted by molar-refractivity contribution is 5.58. The van der Waals surface area contributed by atoms with Crippen molar-refractivity contribution in [2.75, 3.05) is 0 Å². The van der Waals surface area contributed by atoms with Crippen LogP contribution in [0.25, 0.3) is 11.3 Å². The van der Waals surface area contributed by atoms with E-state index in [2.05, 4.69) is 51.1 Å². The summed E-state index contributed by atoms with van der Waals surface area (Å²) < 4.78 is 5.79. The number of rotatable bonds is 2. The summed E-state index contributed by atoms with van der Waals surface area (Å²) in [6.07, 6.45) is 0. The third kappa shape index (κ3) is 2.12. The zero-order valence-electron chi connectivity index (χ0n) is 9.45. The van der Waals surface area contributed by atoms with E-state index in [1.807, 2.05) is 6.07 Å². The summed E-state index contributed by atoms with van der Waals surface area (Å²) in [5, 5.41) is 0. The first-order chi connectivity index (χ1) is 7.16. The van der Waals surface area contributed by atoms with Crippen LogP contribution in [0, 0.1) is 6.92 Å². The molecule has 0 aliphatic heterocycles. The number of furan rings is 1. The average molecular weight is 200 g/mol. The maximum atomic E-state index is 5.79. The largest absolute Gasteiger partial charge is 0.461 e. The van der Waals surface area contributed by atoms with Crippen LogP contribution < -0.4 is 0 Å². The van der Waals surface area contributed by atoms with Crippen molar-refractivity contribution >= 4 is 0 Å². The van der Waals surface area contributed by atoms with Crippen molar-refractivity contribution in [3.63, 3.8) is 0 Å². The summed E-state index contributed by atoms with van der Waals surface area (Å²) in [4.78, 5) is 0. The van der Waals surface area contributed by atoms with Gasteiger partial charge in [0.1, 0.15) is 11.5 Å². The molecule has 0 spiro atoms. The van der Waals surface area contributed by atoms with Crippen LogP contribution in [0.15, 0.2) is 40.8 Å². The molecule has 0 bridgehead atoms. The standard InChI is InChI=1S/C14H16O/c1-10(2)13-7-8-14(15-13)12-6-4-5-11(3)9-12/h4-10H,1-3H3. The molecule has 1 heteroatoms. The third-order valence-corrected chi connectivity index (χ3v) is 2.50. The van der Waals surface area contributed by atoms with E-state index >= 15 is 0 Å². The van der Waals surface area contributed by atoms with Gasteiger partial charge in [-0.15, -0.1) is 0 Å². The van der Waals surface area contributed by atoms with Gasteiger partial charge < -0.3 is 4.42 Å². The van der Waals surface area contributed by atoms with Crippen molar-refractivity contribution in [2.45, 2.75) is 26.7 Å². The van der Waals surface area contributed by atoms with Crippen molar-refractivity contribution in [1.82, 2.24) is 0 Å². The molecule has 0 saturated heterocycles. The van der Waals surface area contributed by atoms with Gasteiger partial charge in [0.25, 0.3) is 0 Å². The molecule has 2 aromatic rings. The molecule has 1 aromatic heterocycles. The maximum Gasteiger partial charge on any atom is 0.134 e. The van der Waals surface area contributed by atoms with Gasteiger partial charge >= 0.3 is 0 Å². The summed E-state index contributed by atoms with van der Waals surface area (Å²) in [5.41, 5.74) is 2.41. The topological polar surface area (TPSA) is 13.1 Å². The number of aryl methyl sites for hydroxylation is 1. The first-order valence-corrected chi connectivity index (χ1v) is 5.33. The number of hydrogen-bond acceptors (Lipinski definition) is 1. The molecular formula is C14H16O. The van der Waals surface area contributed by atoms with Crippen LogP contribution in [-0.2, 0) is 0 Å². The van der Waals surface area contributed by atoms with E-state index < -0.39 is 0 Å². The molecule has 0 unspecified atom stereocenters. The second kappa shape index (κ2) is 3.93. The lowest BCUT2D eigenvalue weighted by Crippen LogP contribution is -1.81. The van der Waals surface area contributed by atoms with E-state index in [1.54, 1.807) is 0 Å². The van der Waals surface area contributed by atoms with Gasteiger partial charge in [0.15, 0.2) is 0 Å². The van der Waals surface area contributed by atoms with Gasteiger partial charge in [-0.05, 0) is 25.1 Å². The molecule has 0 amide bonds. The highest BCUT2D eigenvalue weighted by Gasteiger charge is 2.07. The minimum Gasteiger partial charge on any atom is -0.461 e. The van der Waals surface area contributed by atoms with E-state index in [0.29, 0.717) is 5.92 Å². The summed E-state index contributed by atoms with van der Waals surface area (Å²) in [6, 6.07) is 12.5. The quantitative estimate of drug-likeness (QED) is 0.701. The van der Waals surface area contributed by atoms with Crippen molar-refractivity contribution in [1.29, 1.82) is 0 Å². The first-order valence-electron chi connectivity index (χ1n) is 5.33. The molecule has 78 valence electrons. The fourth-order valence-electron chi connectivity index (χ4n) is 1.62. The molecule has 0 fully saturated rings. The predicted molar refractivity (Wildman–Crippen MR) is 63.0 cm³/mol. The van der Waals surface area contributed by atoms with E-state index in [4.69, 9.17) is 4.42 Å². The Morgan fingerprint density at radius 2 is 1.87 bits per heavy atom. The van der Waals surface area contributed by atoms with Crippen LogP contribution in [0.3, 0.4) is 0 Å². The Balaban J connectivity index is 2.37. The van der Waals surface area contributed by atoms with E-state index in [-0.39, 0.29) is 0 Å². The van der Waals surface area contributed by atoms with Crippen LogP contribution in [0.2, 0.25) is 0 Å². The van der Waals surface area contributed by atoms with Crippen molar-refractivity contribution in [3.8, 4) is 11.3 Å². The third-order valence-electron chi connectivity index (χ3n) is 2.50. The Labute approximate surface area is 90.7 Å². The lowest BCUT2D eigenvalue weighted by atomic mass is 10.1. The van der Waals surface area contributed by atoms with Crippen LogP contribution in [-0.4, -0.2) is 0 Å². The fourth-order valence-corrected chi connectivity index (χ4v) is 1.62. The lowest BCUT2D eigenvalue weighted by molar-refractivity contribution is 0.498. The van der Waals surface area contributed by atoms with Gasteiger partial charge in [0.05, 0.1) is 0 Å². The Morgan fingerprint density at radius 1 is 1.07 bits per heavy atom. The van der Waals surface area contributed by atoms with Gasteiger partial charge in [-0.3, -0.25) is 0 Å². The Morgan fingerprint density at radius 3 is 2.47 bits per heavy atom. The molecule has 0 saturated carbocycles. The summed E-state index contributed by atoms with van der Waals surface area (Å²) in [7, 11) is 0. The molecule has 0 atom stereocenters. The highest BCUT2D eigenvalue weighted by Crippen LogP contribution is 2.26. The zero-order chi connectivity index (χ0) is 10.8. The van der Waals surface area contributed by atoms with Crippen molar-refractivity contribution in [2.24, 2.45) is 0 Å². The van der Waals surface area contributed by atoms with Crippen molar-refractivity contribution < 1.29 is 4.42 Å². The lowest BCUT2D eigenvalue weighted by Gasteiger charge is -2.00. The van der Waals surface area contributed by atoms with Crippen molar-refractivity contribution in [3.05, 3.63) is 47.7 Å². The van der Waals surface area contributed by atoms with Crippen LogP contribution >= 0.6 is 0 Å². The molecule has 1 heterocycles. The maximum absolute atomic E-state index is 5.79. The van der Waals surface area contributed by atoms with Gasteiger partial charge in [0, 0.05) is 11.5 Å². The monoisotopic (exact) mass is 200 g/mol. The van der Waals surface area contributed by atoms with E-state index in [1.165, 1.54) is 5.56 Å². The molecule has 1 nitrogen and oxygen atoms in total. The van der Waals surface area contributed by atoms with E-state index in [9.17, 15) is 0 Å². The smallest absolute Gasteiger partial charge is 0.134 e. The second-order valence-corrected chi connectivity index (χ2v) is 4.23. The average Bonchev–Trinajstić information content (AvgIpc) is 2.66.